The van der Waals surface area contributed by atoms with Gasteiger partial charge in [0.05, 0.1) is 11.1 Å². The summed E-state index contributed by atoms with van der Waals surface area (Å²) in [4.78, 5) is 4.82. The van der Waals surface area contributed by atoms with Crippen LogP contribution in [0.1, 0.15) is 24.3 Å². The third-order valence-electron chi connectivity index (χ3n) is 5.02. The first kappa shape index (κ1) is 16.9. The lowest BCUT2D eigenvalue weighted by molar-refractivity contribution is -0.382. The van der Waals surface area contributed by atoms with Gasteiger partial charge in [0.2, 0.25) is 0 Å². The fraction of sp³-hybridized carbons (Fsp3) is 0.182. The number of aromatic nitrogens is 3. The second-order valence-corrected chi connectivity index (χ2v) is 6.99. The molecule has 2 aromatic heterocycles. The average molecular weight is 372 g/mol. The molecule has 0 amide bonds. The summed E-state index contributed by atoms with van der Waals surface area (Å²) in [5.74, 6) is 0.478. The maximum absolute atomic E-state index is 6.25. The maximum Gasteiger partial charge on any atom is 0.192 e. The lowest BCUT2D eigenvalue weighted by Crippen LogP contribution is -2.32. The number of hydrogen-bond donors (Lipinski definition) is 2. The number of H-pyrrole nitrogens is 1. The highest BCUT2D eigenvalue weighted by atomic mass is 16.9. The molecule has 0 atom stereocenters. The number of rotatable bonds is 3. The van der Waals surface area contributed by atoms with Crippen LogP contribution >= 0.6 is 0 Å². The smallest absolute Gasteiger partial charge is 0.192 e. The molecule has 6 heteroatoms. The van der Waals surface area contributed by atoms with Gasteiger partial charge in [-0.2, -0.15) is 5.10 Å². The van der Waals surface area contributed by atoms with Gasteiger partial charge in [-0.1, -0.05) is 60.2 Å². The average Bonchev–Trinajstić information content (AvgIpc) is 3.06. The molecule has 0 aliphatic carbocycles. The van der Waals surface area contributed by atoms with E-state index in [1.54, 1.807) is 0 Å². The van der Waals surface area contributed by atoms with Crippen molar-refractivity contribution in [2.24, 2.45) is 0 Å². The molecule has 3 N–H and O–H groups in total. The summed E-state index contributed by atoms with van der Waals surface area (Å²) in [5, 5.41) is 7.98. The molecule has 4 aromatic rings. The van der Waals surface area contributed by atoms with Crippen molar-refractivity contribution in [3.63, 3.8) is 0 Å². The van der Waals surface area contributed by atoms with E-state index in [1.807, 2.05) is 37.3 Å². The number of nitrogens with zero attached hydrogens (tertiary/aromatic N) is 2. The van der Waals surface area contributed by atoms with Crippen molar-refractivity contribution in [2.75, 3.05) is 5.73 Å². The Morgan fingerprint density at radius 2 is 1.68 bits per heavy atom. The van der Waals surface area contributed by atoms with Crippen LogP contribution in [0.3, 0.4) is 0 Å². The lowest BCUT2D eigenvalue weighted by Gasteiger charge is -2.36. The van der Waals surface area contributed by atoms with E-state index in [2.05, 4.69) is 41.4 Å². The van der Waals surface area contributed by atoms with Crippen molar-refractivity contribution in [3.05, 3.63) is 65.7 Å². The number of nitrogen functional groups attached to an aromatic ring is 1. The molecule has 0 spiro atoms. The molecule has 1 aliphatic heterocycles. The van der Waals surface area contributed by atoms with Crippen molar-refractivity contribution >= 4 is 16.9 Å². The molecule has 0 unspecified atom stereocenters. The summed E-state index contributed by atoms with van der Waals surface area (Å²) < 4.78 is 11.8. The molecule has 3 heterocycles. The topological polar surface area (TPSA) is 86.0 Å². The summed E-state index contributed by atoms with van der Waals surface area (Å²) in [7, 11) is 0. The second kappa shape index (κ2) is 6.44. The van der Waals surface area contributed by atoms with Gasteiger partial charge in [0, 0.05) is 16.7 Å². The number of anilines is 1. The Morgan fingerprint density at radius 1 is 0.964 bits per heavy atom. The molecule has 0 bridgehead atoms. The van der Waals surface area contributed by atoms with Gasteiger partial charge < -0.3 is 15.2 Å². The Hall–Kier alpha value is -3.22. The Kier molecular flexibility index (Phi) is 3.89. The van der Waals surface area contributed by atoms with Crippen molar-refractivity contribution in [1.82, 2.24) is 15.2 Å². The monoisotopic (exact) mass is 372 g/mol. The first-order chi connectivity index (χ1) is 13.6. The third-order valence-corrected chi connectivity index (χ3v) is 5.02. The standard InChI is InChI=1S/C22H20N4O2/c1-12-8-10-14(11-9-12)16-17(22-27-13(2)28-22)19(15-6-4-3-5-7-15)24-21-18(16)20(23)25-26-21/h3-11,13,22H,1-2H3,(H3,23,24,25,26). The van der Waals surface area contributed by atoms with Crippen molar-refractivity contribution in [2.45, 2.75) is 26.4 Å². The minimum atomic E-state index is -0.507. The summed E-state index contributed by atoms with van der Waals surface area (Å²) in [6.07, 6.45) is -0.760. The SMILES string of the molecule is Cc1ccc(-c2c(C3OC(C)O3)c(-c3ccccc3)nc3n[nH]c(N)c23)cc1. The maximum atomic E-state index is 6.25. The van der Waals surface area contributed by atoms with Gasteiger partial charge in [-0.25, -0.2) is 4.98 Å². The largest absolute Gasteiger partial charge is 0.383 e. The van der Waals surface area contributed by atoms with Crippen LogP contribution in [0.25, 0.3) is 33.4 Å². The molecule has 5 rings (SSSR count). The minimum absolute atomic E-state index is 0.253. The fourth-order valence-corrected chi connectivity index (χ4v) is 3.65. The Morgan fingerprint density at radius 3 is 2.36 bits per heavy atom. The third kappa shape index (κ3) is 2.66. The molecule has 1 aliphatic rings. The number of hydrogen-bond acceptors (Lipinski definition) is 5. The number of benzene rings is 2. The Bertz CT molecular complexity index is 1150. The number of nitrogens with two attached hydrogens (primary N) is 1. The van der Waals surface area contributed by atoms with Crippen LogP contribution in [0.2, 0.25) is 0 Å². The molecule has 28 heavy (non-hydrogen) atoms. The van der Waals surface area contributed by atoms with E-state index in [4.69, 9.17) is 20.2 Å². The van der Waals surface area contributed by atoms with Crippen LogP contribution in [0.15, 0.2) is 54.6 Å². The van der Waals surface area contributed by atoms with Crippen LogP contribution in [0.4, 0.5) is 5.82 Å². The summed E-state index contributed by atoms with van der Waals surface area (Å²) in [5.41, 5.74) is 12.6. The number of aromatic amines is 1. The van der Waals surface area contributed by atoms with E-state index in [0.717, 1.165) is 33.3 Å². The highest BCUT2D eigenvalue weighted by Gasteiger charge is 2.35. The molecule has 140 valence electrons. The van der Waals surface area contributed by atoms with E-state index >= 15 is 0 Å². The zero-order chi connectivity index (χ0) is 19.3. The Labute approximate surface area is 162 Å². The quantitative estimate of drug-likeness (QED) is 0.550. The van der Waals surface area contributed by atoms with Crippen LogP contribution < -0.4 is 5.73 Å². The highest BCUT2D eigenvalue weighted by Crippen LogP contribution is 2.46. The fourth-order valence-electron chi connectivity index (χ4n) is 3.65. The molecule has 2 aromatic carbocycles. The summed E-state index contributed by atoms with van der Waals surface area (Å²) in [6, 6.07) is 18.3. The predicted molar refractivity (Wildman–Crippen MR) is 108 cm³/mol. The van der Waals surface area contributed by atoms with E-state index in [-0.39, 0.29) is 6.29 Å². The van der Waals surface area contributed by atoms with E-state index in [0.29, 0.717) is 11.5 Å². The van der Waals surface area contributed by atoms with Crippen LogP contribution in [-0.2, 0) is 9.47 Å². The number of pyridine rings is 1. The van der Waals surface area contributed by atoms with E-state index in [1.165, 1.54) is 5.56 Å². The zero-order valence-electron chi connectivity index (χ0n) is 15.6. The Balaban J connectivity index is 1.87. The highest BCUT2D eigenvalue weighted by molar-refractivity contribution is 6.03. The van der Waals surface area contributed by atoms with E-state index < -0.39 is 6.29 Å². The van der Waals surface area contributed by atoms with Gasteiger partial charge in [0.15, 0.2) is 18.2 Å². The zero-order valence-corrected chi connectivity index (χ0v) is 15.6. The van der Waals surface area contributed by atoms with Gasteiger partial charge >= 0.3 is 0 Å². The number of fused-ring (bicyclic) bond motifs is 1. The molecular formula is C22H20N4O2. The van der Waals surface area contributed by atoms with Gasteiger partial charge in [0.1, 0.15) is 5.82 Å². The molecule has 1 saturated heterocycles. The van der Waals surface area contributed by atoms with Crippen LogP contribution in [0.5, 0.6) is 0 Å². The van der Waals surface area contributed by atoms with E-state index in [9.17, 15) is 0 Å². The molecule has 1 fully saturated rings. The molecule has 0 radical (unpaired) electrons. The molecular weight excluding hydrogens is 352 g/mol. The van der Waals surface area contributed by atoms with Gasteiger partial charge in [-0.3, -0.25) is 5.10 Å². The van der Waals surface area contributed by atoms with Crippen LogP contribution in [-0.4, -0.2) is 21.5 Å². The van der Waals surface area contributed by atoms with Gasteiger partial charge in [0.25, 0.3) is 0 Å². The van der Waals surface area contributed by atoms with Gasteiger partial charge in [-0.05, 0) is 19.4 Å². The van der Waals surface area contributed by atoms with Crippen LogP contribution in [0, 0.1) is 6.92 Å². The molecule has 0 saturated carbocycles. The first-order valence-corrected chi connectivity index (χ1v) is 9.22. The van der Waals surface area contributed by atoms with Crippen molar-refractivity contribution in [3.8, 4) is 22.4 Å². The molecule has 6 nitrogen and oxygen atoms in total. The normalized spacial score (nSPS) is 18.9. The number of nitrogens with one attached hydrogen (secondary N) is 1. The second-order valence-electron chi connectivity index (χ2n) is 6.99. The van der Waals surface area contributed by atoms with Gasteiger partial charge in [-0.15, -0.1) is 0 Å². The van der Waals surface area contributed by atoms with Crippen molar-refractivity contribution < 1.29 is 9.47 Å². The predicted octanol–water partition coefficient (Wildman–Crippen LogP) is 4.57. The first-order valence-electron chi connectivity index (χ1n) is 9.22. The minimum Gasteiger partial charge on any atom is -0.383 e. The lowest BCUT2D eigenvalue weighted by atomic mass is 9.92. The van der Waals surface area contributed by atoms with Crippen molar-refractivity contribution in [1.29, 1.82) is 0 Å². The summed E-state index contributed by atoms with van der Waals surface area (Å²) >= 11 is 0. The number of ether oxygens (including phenoxy) is 2. The number of aryl methyl sites for hydroxylation is 1. The summed E-state index contributed by atoms with van der Waals surface area (Å²) in [6.45, 7) is 3.94.